The minimum absolute atomic E-state index is 0.0417. The molecule has 0 fully saturated rings. The van der Waals surface area contributed by atoms with Crippen molar-refractivity contribution in [2.75, 3.05) is 7.11 Å². The minimum Gasteiger partial charge on any atom is -0.382 e. The van der Waals surface area contributed by atoms with Gasteiger partial charge >= 0.3 is 16.0 Å². The molecule has 1 nitrogen and oxygen atoms in total. The van der Waals surface area contributed by atoms with E-state index in [1.807, 2.05) is 0 Å². The van der Waals surface area contributed by atoms with Gasteiger partial charge in [-0.1, -0.05) is 0 Å². The Hall–Kier alpha value is 1.69. The molecule has 0 saturated carbocycles. The minimum atomic E-state index is 0.0417. The van der Waals surface area contributed by atoms with E-state index < -0.39 is 0 Å². The molecule has 1 radical (unpaired) electrons. The molecule has 0 atom stereocenters. The molecule has 0 spiro atoms. The highest BCUT2D eigenvalue weighted by molar-refractivity contribution is 9.47. The number of hydrogen-bond donors (Lipinski definition) is 0. The van der Waals surface area contributed by atoms with Crippen LogP contribution in [0.2, 0.25) is 0 Å². The van der Waals surface area contributed by atoms with Crippen LogP contribution in [0.25, 0.3) is 0 Å². The van der Waals surface area contributed by atoms with Crippen molar-refractivity contribution < 1.29 is 4.74 Å². The highest BCUT2D eigenvalue weighted by Crippen LogP contribution is 1.77. The average Bonchev–Trinajstić information content (AvgIpc) is 1.39. The van der Waals surface area contributed by atoms with E-state index in [0.29, 0.717) is 0 Å². The number of rotatable bonds is 0. The van der Waals surface area contributed by atoms with Gasteiger partial charge in [-0.2, -0.15) is 0 Å². The Morgan fingerprint density at radius 2 is 1.67 bits per heavy atom. The van der Waals surface area contributed by atoms with Crippen molar-refractivity contribution in [3.8, 4) is 0 Å². The molecule has 0 unspecified atom stereocenters. The van der Waals surface area contributed by atoms with E-state index in [1.54, 1.807) is 0 Å². The lowest BCUT2D eigenvalue weighted by Crippen LogP contribution is -1.49. The molecule has 35 valence electrons. The second kappa shape index (κ2) is 15.9. The van der Waals surface area contributed by atoms with Gasteiger partial charge in [-0.25, -0.2) is 0 Å². The Kier molecular flexibility index (Phi) is 28.2. The summed E-state index contributed by atoms with van der Waals surface area (Å²) in [5.74, 6) is 0. The van der Waals surface area contributed by atoms with E-state index in [-0.39, 0.29) is 16.0 Å². The molecule has 4 heteroatoms. The van der Waals surface area contributed by atoms with Crippen LogP contribution in [0.4, 0.5) is 0 Å². The van der Waals surface area contributed by atoms with Gasteiger partial charge in [0.05, 0.1) is 7.11 Å². The van der Waals surface area contributed by atoms with Crippen LogP contribution in [0.15, 0.2) is 0 Å². The quantitative estimate of drug-likeness (QED) is 0.575. The second-order valence-electron chi connectivity index (χ2n) is 0.390. The monoisotopic (exact) mass is 227 g/mol. The van der Waals surface area contributed by atoms with E-state index in [1.165, 1.54) is 7.11 Å². The molecule has 0 aromatic rings. The molecule has 0 aromatic carbocycles. The van der Waals surface area contributed by atoms with Gasteiger partial charge in [-0.15, -0.1) is 0 Å². The van der Waals surface area contributed by atoms with E-state index in [4.69, 9.17) is 0 Å². The fraction of sp³-hybridized carbons (Fsp3) is 0.500. The first-order valence-electron chi connectivity index (χ1n) is 1.23. The first-order chi connectivity index (χ1) is 2.83. The van der Waals surface area contributed by atoms with Crippen molar-refractivity contribution in [3.05, 3.63) is 7.11 Å². The summed E-state index contributed by atoms with van der Waals surface area (Å²) in [5, 5.41) is 0. The van der Waals surface area contributed by atoms with E-state index in [0.717, 1.165) is 0 Å². The first-order valence-corrected chi connectivity index (χ1v) is 9.03. The molecular formula is C2H5Br2MgO. The molecule has 0 bridgehead atoms. The molecule has 0 amide bonds. The SMILES string of the molecule is [Br][Mg][Br].[CH2]OC. The third kappa shape index (κ3) is 43.9. The van der Waals surface area contributed by atoms with Crippen LogP contribution in [-0.4, -0.2) is 23.1 Å². The predicted molar refractivity (Wildman–Crippen MR) is 36.0 cm³/mol. The summed E-state index contributed by atoms with van der Waals surface area (Å²) in [7, 11) is 4.50. The van der Waals surface area contributed by atoms with Gasteiger partial charge in [0.1, 0.15) is 0 Å². The Labute approximate surface area is 60.3 Å². The zero-order chi connectivity index (χ0) is 5.41. The smallest absolute Gasteiger partial charge is 0.382 e. The maximum absolute atomic E-state index is 4.00. The van der Waals surface area contributed by atoms with Crippen molar-refractivity contribution in [2.24, 2.45) is 0 Å². The third-order valence-corrected chi connectivity index (χ3v) is 0. The largest absolute Gasteiger partial charge is 0.560 e. The van der Waals surface area contributed by atoms with Gasteiger partial charge in [-0.3, -0.25) is 25.8 Å². The van der Waals surface area contributed by atoms with Crippen LogP contribution in [0, 0.1) is 7.11 Å². The van der Waals surface area contributed by atoms with Crippen LogP contribution in [0.5, 0.6) is 0 Å². The van der Waals surface area contributed by atoms with E-state index in [9.17, 15) is 0 Å². The standard InChI is InChI=1S/C2H5O.2BrH.Mg/c1-3-2;;;/h1H2,2H3;2*1H;/q;;;+2/p-2. The van der Waals surface area contributed by atoms with Gasteiger partial charge in [0.15, 0.2) is 0 Å². The van der Waals surface area contributed by atoms with Crippen LogP contribution < -0.4 is 0 Å². The molecule has 0 aliphatic heterocycles. The Morgan fingerprint density at radius 1 is 1.67 bits per heavy atom. The number of hydrogen-bond acceptors (Lipinski definition) is 1. The van der Waals surface area contributed by atoms with Crippen molar-refractivity contribution in [1.82, 2.24) is 0 Å². The van der Waals surface area contributed by atoms with Crippen molar-refractivity contribution >= 4 is 41.8 Å². The highest BCUT2D eigenvalue weighted by Gasteiger charge is 1.62. The van der Waals surface area contributed by atoms with Crippen molar-refractivity contribution in [2.45, 2.75) is 0 Å². The molecule has 0 N–H and O–H groups in total. The molecule has 6 heavy (non-hydrogen) atoms. The van der Waals surface area contributed by atoms with Gasteiger partial charge in [0, 0.05) is 7.11 Å². The van der Waals surface area contributed by atoms with Crippen LogP contribution in [-0.2, 0) is 4.74 Å². The second-order valence-corrected chi connectivity index (χ2v) is 8.47. The Bertz CT molecular complexity index is 13.5. The predicted octanol–water partition coefficient (Wildman–Crippen LogP) is 1.73. The third-order valence-electron chi connectivity index (χ3n) is 0. The fourth-order valence-electron chi connectivity index (χ4n) is 0. The summed E-state index contributed by atoms with van der Waals surface area (Å²) in [6.45, 7) is 0. The first kappa shape index (κ1) is 10.6. The summed E-state index contributed by atoms with van der Waals surface area (Å²) in [6.07, 6.45) is 0. The van der Waals surface area contributed by atoms with Crippen LogP contribution in [0.3, 0.4) is 0 Å². The maximum Gasteiger partial charge on any atom is 0.560 e. The molecule has 0 aliphatic rings. The fourth-order valence-corrected chi connectivity index (χ4v) is 0. The summed E-state index contributed by atoms with van der Waals surface area (Å²) >= 11 is 6.44. The normalized spacial score (nSPS) is 4.67. The lowest BCUT2D eigenvalue weighted by Gasteiger charge is -1.60. The van der Waals surface area contributed by atoms with Crippen LogP contribution in [0.1, 0.15) is 0 Å². The van der Waals surface area contributed by atoms with Crippen LogP contribution >= 0.6 is 25.8 Å². The lowest BCUT2D eigenvalue weighted by molar-refractivity contribution is 0.329. The zero-order valence-electron chi connectivity index (χ0n) is 3.58. The molecular weight excluding hydrogens is 224 g/mol. The maximum atomic E-state index is 4.00. The molecule has 0 saturated heterocycles. The summed E-state index contributed by atoms with van der Waals surface area (Å²) in [4.78, 5) is 0. The molecule has 0 rings (SSSR count). The molecule has 0 heterocycles. The topological polar surface area (TPSA) is 9.23 Å². The number of halogens is 2. The van der Waals surface area contributed by atoms with Crippen molar-refractivity contribution in [3.63, 3.8) is 0 Å². The number of methoxy groups -OCH3 is 1. The molecule has 0 aliphatic carbocycles. The van der Waals surface area contributed by atoms with E-state index in [2.05, 4.69) is 37.6 Å². The Balaban J connectivity index is 0. The van der Waals surface area contributed by atoms with E-state index >= 15 is 0 Å². The zero-order valence-corrected chi connectivity index (χ0v) is 8.16. The van der Waals surface area contributed by atoms with Gasteiger partial charge in [0.25, 0.3) is 0 Å². The summed E-state index contributed by atoms with van der Waals surface area (Å²) < 4.78 is 4.00. The van der Waals surface area contributed by atoms with Gasteiger partial charge < -0.3 is 4.74 Å². The van der Waals surface area contributed by atoms with Gasteiger partial charge in [-0.05, 0) is 0 Å². The highest BCUT2D eigenvalue weighted by atomic mass is 79.9. The molecule has 0 aromatic heterocycles. The summed E-state index contributed by atoms with van der Waals surface area (Å²) in [5.41, 5.74) is 0. The Morgan fingerprint density at radius 3 is 1.67 bits per heavy atom. The number of ether oxygens (including phenoxy) is 1. The lowest BCUT2D eigenvalue weighted by atomic mass is 11.6. The van der Waals surface area contributed by atoms with Crippen molar-refractivity contribution in [1.29, 1.82) is 0 Å². The summed E-state index contributed by atoms with van der Waals surface area (Å²) in [6, 6.07) is 0. The van der Waals surface area contributed by atoms with Gasteiger partial charge in [0.2, 0.25) is 0 Å². The average molecular weight is 229 g/mol.